The number of rotatable bonds is 37. The number of likely N-dealkylation sites (N-methyl/N-ethyl adjacent to an activating group) is 1. The van der Waals surface area contributed by atoms with E-state index in [0.717, 1.165) is 57.8 Å². The highest BCUT2D eigenvalue weighted by Gasteiger charge is 2.21. The number of unbranched alkanes of at least 4 members (excludes halogenated alkanes) is 15. The van der Waals surface area contributed by atoms with Gasteiger partial charge in [0.25, 0.3) is 7.82 Å². The van der Waals surface area contributed by atoms with Crippen LogP contribution in [0.1, 0.15) is 162 Å². The molecule has 0 spiro atoms. The van der Waals surface area contributed by atoms with E-state index in [1.54, 1.807) is 0 Å². The van der Waals surface area contributed by atoms with Crippen LogP contribution >= 0.6 is 7.82 Å². The number of hydrogen-bond acceptors (Lipinski definition) is 8. The number of carbonyl (C=O) groups excluding carboxylic acids is 2. The van der Waals surface area contributed by atoms with Crippen LogP contribution in [0.25, 0.3) is 0 Å². The Balaban J connectivity index is 4.44. The Labute approximate surface area is 324 Å². The number of ether oxygens (including phenoxy) is 2. The molecule has 0 aliphatic heterocycles. The zero-order valence-electron chi connectivity index (χ0n) is 34.4. The van der Waals surface area contributed by atoms with Crippen molar-refractivity contribution < 1.29 is 42.1 Å². The normalized spacial score (nSPS) is 14.2. The van der Waals surface area contributed by atoms with Gasteiger partial charge in [0.2, 0.25) is 0 Å². The molecule has 0 aliphatic carbocycles. The first-order valence-corrected chi connectivity index (χ1v) is 22.3. The van der Waals surface area contributed by atoms with E-state index in [1.807, 2.05) is 21.1 Å². The summed E-state index contributed by atoms with van der Waals surface area (Å²) < 4.78 is 33.8. The molecule has 2 atom stereocenters. The summed E-state index contributed by atoms with van der Waals surface area (Å²) in [6.45, 7) is 4.13. The van der Waals surface area contributed by atoms with Gasteiger partial charge < -0.3 is 27.9 Å². The number of quaternary nitrogens is 1. The molecule has 9 nitrogen and oxygen atoms in total. The van der Waals surface area contributed by atoms with E-state index in [2.05, 4.69) is 62.5 Å². The van der Waals surface area contributed by atoms with Gasteiger partial charge in [-0.2, -0.15) is 0 Å². The highest BCUT2D eigenvalue weighted by atomic mass is 31.2. The molecule has 0 heterocycles. The highest BCUT2D eigenvalue weighted by molar-refractivity contribution is 7.45. The van der Waals surface area contributed by atoms with E-state index in [4.69, 9.17) is 18.5 Å². The summed E-state index contributed by atoms with van der Waals surface area (Å²) in [6, 6.07) is 0. The van der Waals surface area contributed by atoms with Crippen molar-refractivity contribution in [2.24, 2.45) is 0 Å². The summed E-state index contributed by atoms with van der Waals surface area (Å²) in [5, 5.41) is 0. The number of phosphoric acid groups is 1. The number of esters is 2. The SMILES string of the molecule is CCCCC/C=C/C/C=C/C/C=C/C/C=C/CCCCCC(=O)O[C@H](COC(=O)CCCCCCCCCCCC)COP(=O)([O-])OCC[N+](C)(C)C. The third-order valence-electron chi connectivity index (χ3n) is 8.60. The molecule has 0 aromatic rings. The van der Waals surface area contributed by atoms with Gasteiger partial charge in [-0.1, -0.05) is 140 Å². The van der Waals surface area contributed by atoms with Gasteiger partial charge in [-0.05, 0) is 57.8 Å². The van der Waals surface area contributed by atoms with Crippen molar-refractivity contribution in [3.8, 4) is 0 Å². The summed E-state index contributed by atoms with van der Waals surface area (Å²) in [6.07, 6.45) is 40.0. The minimum atomic E-state index is -4.63. The van der Waals surface area contributed by atoms with Crippen molar-refractivity contribution in [3.05, 3.63) is 48.6 Å². The third-order valence-corrected chi connectivity index (χ3v) is 9.57. The molecule has 0 aromatic carbocycles. The second-order valence-corrected chi connectivity index (χ2v) is 16.4. The van der Waals surface area contributed by atoms with Gasteiger partial charge >= 0.3 is 11.9 Å². The van der Waals surface area contributed by atoms with Crippen molar-refractivity contribution >= 4 is 19.8 Å². The lowest BCUT2D eigenvalue weighted by Gasteiger charge is -2.28. The highest BCUT2D eigenvalue weighted by Crippen LogP contribution is 2.38. The van der Waals surface area contributed by atoms with Crippen LogP contribution in [-0.4, -0.2) is 70.0 Å². The first-order chi connectivity index (χ1) is 25.5. The minimum absolute atomic E-state index is 0.0381. The Bertz CT molecular complexity index is 1050. The number of nitrogens with zero attached hydrogens (tertiary/aromatic N) is 1. The van der Waals surface area contributed by atoms with Crippen LogP contribution in [0.5, 0.6) is 0 Å². The number of phosphoric ester groups is 1. The zero-order valence-corrected chi connectivity index (χ0v) is 35.3. The number of allylic oxidation sites excluding steroid dienone is 8. The molecule has 0 aliphatic rings. The Morgan fingerprint density at radius 2 is 1.02 bits per heavy atom. The van der Waals surface area contributed by atoms with Crippen LogP contribution in [0.4, 0.5) is 0 Å². The van der Waals surface area contributed by atoms with Crippen molar-refractivity contribution in [1.82, 2.24) is 0 Å². The van der Waals surface area contributed by atoms with Crippen LogP contribution in [0, 0.1) is 0 Å². The molecule has 0 aromatic heterocycles. The lowest BCUT2D eigenvalue weighted by atomic mass is 10.1. The van der Waals surface area contributed by atoms with Gasteiger partial charge in [0.05, 0.1) is 27.7 Å². The summed E-state index contributed by atoms with van der Waals surface area (Å²) in [7, 11) is 1.14. The van der Waals surface area contributed by atoms with Crippen molar-refractivity contribution in [2.75, 3.05) is 47.5 Å². The van der Waals surface area contributed by atoms with E-state index >= 15 is 0 Å². The standard InChI is InChI=1S/C43H78NO8P/c1-6-8-10-12-14-16-18-19-20-21-22-23-24-25-26-28-30-32-34-36-43(46)52-41(40-51-53(47,48)50-38-37-44(3,4)5)39-49-42(45)35-33-31-29-27-17-15-13-11-9-7-2/h14,16,19-20,22-23,25-26,41H,6-13,15,17-18,21,24,27-40H2,1-5H3/b16-14+,20-19+,23-22+,26-25+/t41-/m1/s1. The molecule has 0 amide bonds. The fraction of sp³-hybridized carbons (Fsp3) is 0.767. The Kier molecular flexibility index (Phi) is 34.3. The molecule has 1 unspecified atom stereocenters. The van der Waals surface area contributed by atoms with E-state index in [9.17, 15) is 19.0 Å². The predicted molar refractivity (Wildman–Crippen MR) is 217 cm³/mol. The summed E-state index contributed by atoms with van der Waals surface area (Å²) in [5.74, 6) is -0.874. The molecule has 0 saturated heterocycles. The fourth-order valence-electron chi connectivity index (χ4n) is 5.28. The van der Waals surface area contributed by atoms with E-state index in [1.165, 1.54) is 70.6 Å². The smallest absolute Gasteiger partial charge is 0.306 e. The number of carbonyl (C=O) groups is 2. The summed E-state index contributed by atoms with van der Waals surface area (Å²) in [4.78, 5) is 37.4. The molecule has 0 saturated carbocycles. The van der Waals surface area contributed by atoms with Crippen LogP contribution < -0.4 is 4.89 Å². The van der Waals surface area contributed by atoms with E-state index < -0.39 is 32.5 Å². The zero-order chi connectivity index (χ0) is 39.3. The molecule has 0 N–H and O–H groups in total. The molecule has 308 valence electrons. The maximum absolute atomic E-state index is 12.6. The van der Waals surface area contributed by atoms with Crippen molar-refractivity contribution in [1.29, 1.82) is 0 Å². The fourth-order valence-corrected chi connectivity index (χ4v) is 6.01. The van der Waals surface area contributed by atoms with Crippen LogP contribution in [0.2, 0.25) is 0 Å². The lowest BCUT2D eigenvalue weighted by Crippen LogP contribution is -2.37. The second kappa shape index (κ2) is 35.7. The van der Waals surface area contributed by atoms with Crippen LogP contribution in [0.3, 0.4) is 0 Å². The molecular weight excluding hydrogens is 689 g/mol. The third kappa shape index (κ3) is 39.5. The number of hydrogen-bond donors (Lipinski definition) is 0. The van der Waals surface area contributed by atoms with E-state index in [0.29, 0.717) is 17.4 Å². The molecule has 0 fully saturated rings. The largest absolute Gasteiger partial charge is 0.756 e. The van der Waals surface area contributed by atoms with Gasteiger partial charge in [-0.15, -0.1) is 0 Å². The molecular formula is C43H78NO8P. The van der Waals surface area contributed by atoms with Crippen molar-refractivity contribution in [2.45, 2.75) is 168 Å². The molecule has 0 rings (SSSR count). The van der Waals surface area contributed by atoms with Gasteiger partial charge in [0.15, 0.2) is 6.10 Å². The monoisotopic (exact) mass is 768 g/mol. The maximum atomic E-state index is 12.6. The Hall–Kier alpha value is -2.03. The van der Waals surface area contributed by atoms with Crippen LogP contribution in [-0.2, 0) is 32.7 Å². The second-order valence-electron chi connectivity index (χ2n) is 15.0. The first-order valence-electron chi connectivity index (χ1n) is 20.8. The molecule has 53 heavy (non-hydrogen) atoms. The van der Waals surface area contributed by atoms with Crippen LogP contribution in [0.15, 0.2) is 48.6 Å². The maximum Gasteiger partial charge on any atom is 0.306 e. The molecule has 0 bridgehead atoms. The quantitative estimate of drug-likeness (QED) is 0.0202. The minimum Gasteiger partial charge on any atom is -0.756 e. The summed E-state index contributed by atoms with van der Waals surface area (Å²) in [5.41, 5.74) is 0. The topological polar surface area (TPSA) is 111 Å². The van der Waals surface area contributed by atoms with Crippen molar-refractivity contribution in [3.63, 3.8) is 0 Å². The lowest BCUT2D eigenvalue weighted by molar-refractivity contribution is -0.870. The van der Waals surface area contributed by atoms with Gasteiger partial charge in [-0.3, -0.25) is 14.2 Å². The summed E-state index contributed by atoms with van der Waals surface area (Å²) >= 11 is 0. The van der Waals surface area contributed by atoms with Gasteiger partial charge in [-0.25, -0.2) is 0 Å². The Morgan fingerprint density at radius 1 is 0.585 bits per heavy atom. The first kappa shape index (κ1) is 51.0. The molecule has 10 heteroatoms. The Morgan fingerprint density at radius 3 is 1.55 bits per heavy atom. The molecule has 0 radical (unpaired) electrons. The predicted octanol–water partition coefficient (Wildman–Crippen LogP) is 10.9. The van der Waals surface area contributed by atoms with E-state index in [-0.39, 0.29) is 26.1 Å². The average Bonchev–Trinajstić information content (AvgIpc) is 3.10. The van der Waals surface area contributed by atoms with Gasteiger partial charge in [0.1, 0.15) is 19.8 Å². The average molecular weight is 768 g/mol. The van der Waals surface area contributed by atoms with Gasteiger partial charge in [0, 0.05) is 12.8 Å².